The lowest BCUT2D eigenvalue weighted by atomic mass is 9.95. The summed E-state index contributed by atoms with van der Waals surface area (Å²) in [6, 6.07) is 7.50. The number of nitrogens with one attached hydrogen (secondary N) is 1. The first kappa shape index (κ1) is 20.6. The molecule has 1 heterocycles. The number of Topliss-reactive ketones (excluding diaryl/α,β-unsaturated/α-hetero) is 1. The number of rotatable bonds is 6. The van der Waals surface area contributed by atoms with Crippen LogP contribution in [0.15, 0.2) is 29.4 Å². The molecule has 5 nitrogen and oxygen atoms in total. The lowest BCUT2D eigenvalue weighted by molar-refractivity contribution is -0.115. The summed E-state index contributed by atoms with van der Waals surface area (Å²) in [6.45, 7) is 7.61. The Balaban J connectivity index is 1.70. The largest absolute Gasteiger partial charge is 0.325 e. The number of carbonyl (C=O) groups excluding carboxylic acids is 2. The molecule has 0 saturated heterocycles. The normalized spacial score (nSPS) is 16.0. The van der Waals surface area contributed by atoms with E-state index >= 15 is 0 Å². The van der Waals surface area contributed by atoms with Gasteiger partial charge in [-0.15, -0.1) is 0 Å². The number of nitrogens with zero attached hydrogens (tertiary/aromatic N) is 2. The van der Waals surface area contributed by atoms with Gasteiger partial charge in [0.05, 0.1) is 10.9 Å². The van der Waals surface area contributed by atoms with Crippen molar-refractivity contribution in [2.75, 3.05) is 5.32 Å². The number of aryl methyl sites for hydroxylation is 1. The fourth-order valence-electron chi connectivity index (χ4n) is 3.69. The summed E-state index contributed by atoms with van der Waals surface area (Å²) in [5.74, 6) is -0.0452. The zero-order valence-corrected chi connectivity index (χ0v) is 17.9. The minimum Gasteiger partial charge on any atom is -0.325 e. The topological polar surface area (TPSA) is 64.0 Å². The van der Waals surface area contributed by atoms with Crippen molar-refractivity contribution in [1.29, 1.82) is 0 Å². The minimum atomic E-state index is -0.268. The number of aromatic nitrogens is 2. The van der Waals surface area contributed by atoms with Crippen molar-refractivity contribution in [3.63, 3.8) is 0 Å². The highest BCUT2D eigenvalue weighted by Crippen LogP contribution is 2.35. The molecule has 0 bridgehead atoms. The first-order chi connectivity index (χ1) is 13.4. The van der Waals surface area contributed by atoms with Crippen molar-refractivity contribution in [2.45, 2.75) is 76.2 Å². The number of anilines is 1. The van der Waals surface area contributed by atoms with Crippen LogP contribution in [0.4, 0.5) is 5.69 Å². The highest BCUT2D eigenvalue weighted by atomic mass is 32.2. The molecule has 1 unspecified atom stereocenters. The Bertz CT molecular complexity index is 851. The smallest absolute Gasteiger partial charge is 0.237 e. The highest BCUT2D eigenvalue weighted by Gasteiger charge is 2.25. The molecule has 2 aromatic rings. The number of benzene rings is 1. The van der Waals surface area contributed by atoms with E-state index in [1.54, 1.807) is 24.3 Å². The molecule has 1 aliphatic rings. The molecule has 1 saturated carbocycles. The Morgan fingerprint density at radius 2 is 1.79 bits per heavy atom. The number of hydrogen-bond donors (Lipinski definition) is 1. The maximum Gasteiger partial charge on any atom is 0.237 e. The molecule has 3 rings (SSSR count). The van der Waals surface area contributed by atoms with Gasteiger partial charge in [0.2, 0.25) is 5.91 Å². The van der Waals surface area contributed by atoms with Crippen LogP contribution in [0, 0.1) is 13.8 Å². The molecule has 1 aliphatic carbocycles. The van der Waals surface area contributed by atoms with Crippen LogP contribution in [-0.2, 0) is 4.79 Å². The summed E-state index contributed by atoms with van der Waals surface area (Å²) in [5, 5.41) is 3.61. The monoisotopic (exact) mass is 399 g/mol. The second-order valence-corrected chi connectivity index (χ2v) is 8.92. The summed E-state index contributed by atoms with van der Waals surface area (Å²) in [5.41, 5.74) is 3.59. The molecule has 28 heavy (non-hydrogen) atoms. The number of amides is 1. The van der Waals surface area contributed by atoms with Gasteiger partial charge in [0.15, 0.2) is 10.9 Å². The third-order valence-corrected chi connectivity index (χ3v) is 6.57. The van der Waals surface area contributed by atoms with Gasteiger partial charge in [-0.2, -0.15) is 0 Å². The number of ketones is 1. The van der Waals surface area contributed by atoms with Gasteiger partial charge in [0.1, 0.15) is 0 Å². The molecule has 150 valence electrons. The predicted molar refractivity (Wildman–Crippen MR) is 114 cm³/mol. The third kappa shape index (κ3) is 4.66. The molecule has 1 amide bonds. The number of imidazole rings is 1. The van der Waals surface area contributed by atoms with E-state index in [2.05, 4.69) is 16.8 Å². The molecule has 1 aromatic heterocycles. The van der Waals surface area contributed by atoms with E-state index in [0.29, 0.717) is 17.3 Å². The Kier molecular flexibility index (Phi) is 6.60. The average molecular weight is 400 g/mol. The summed E-state index contributed by atoms with van der Waals surface area (Å²) >= 11 is 1.52. The zero-order valence-electron chi connectivity index (χ0n) is 17.1. The van der Waals surface area contributed by atoms with Crippen molar-refractivity contribution in [3.8, 4) is 0 Å². The van der Waals surface area contributed by atoms with Crippen LogP contribution in [0.2, 0.25) is 0 Å². The molecule has 1 atom stereocenters. The van der Waals surface area contributed by atoms with Gasteiger partial charge in [-0.25, -0.2) is 4.98 Å². The quantitative estimate of drug-likeness (QED) is 0.527. The van der Waals surface area contributed by atoms with Gasteiger partial charge >= 0.3 is 0 Å². The summed E-state index contributed by atoms with van der Waals surface area (Å²) in [4.78, 5) is 28.8. The minimum absolute atomic E-state index is 0.0158. The van der Waals surface area contributed by atoms with Crippen molar-refractivity contribution in [2.24, 2.45) is 0 Å². The van der Waals surface area contributed by atoms with Gasteiger partial charge in [0, 0.05) is 23.0 Å². The van der Waals surface area contributed by atoms with Gasteiger partial charge in [-0.05, 0) is 64.8 Å². The number of hydrogen-bond acceptors (Lipinski definition) is 4. The summed E-state index contributed by atoms with van der Waals surface area (Å²) in [6.07, 6.45) is 6.21. The molecule has 0 aliphatic heterocycles. The van der Waals surface area contributed by atoms with Gasteiger partial charge in [-0.1, -0.05) is 31.0 Å². The van der Waals surface area contributed by atoms with E-state index < -0.39 is 0 Å². The maximum absolute atomic E-state index is 12.7. The van der Waals surface area contributed by atoms with E-state index in [1.165, 1.54) is 56.5 Å². The van der Waals surface area contributed by atoms with Gasteiger partial charge < -0.3 is 9.88 Å². The molecule has 0 spiro atoms. The van der Waals surface area contributed by atoms with Crippen molar-refractivity contribution in [1.82, 2.24) is 9.55 Å². The third-order valence-electron chi connectivity index (χ3n) is 5.50. The van der Waals surface area contributed by atoms with Crippen molar-refractivity contribution < 1.29 is 9.59 Å². The molecule has 1 N–H and O–H groups in total. The molecule has 6 heteroatoms. The van der Waals surface area contributed by atoms with Crippen LogP contribution < -0.4 is 5.32 Å². The fourth-order valence-corrected chi connectivity index (χ4v) is 4.76. The van der Waals surface area contributed by atoms with Crippen molar-refractivity contribution >= 4 is 29.1 Å². The zero-order chi connectivity index (χ0) is 20.3. The number of carbonyl (C=O) groups is 2. The second kappa shape index (κ2) is 8.95. The van der Waals surface area contributed by atoms with E-state index in [1.807, 2.05) is 13.8 Å². The lowest BCUT2D eigenvalue weighted by Gasteiger charge is -2.26. The first-order valence-electron chi connectivity index (χ1n) is 10.0. The Morgan fingerprint density at radius 1 is 1.14 bits per heavy atom. The lowest BCUT2D eigenvalue weighted by Crippen LogP contribution is -2.23. The van der Waals surface area contributed by atoms with Crippen LogP contribution in [-0.4, -0.2) is 26.5 Å². The molecule has 1 aromatic carbocycles. The van der Waals surface area contributed by atoms with E-state index in [9.17, 15) is 9.59 Å². The average Bonchev–Trinajstić information content (AvgIpc) is 2.96. The van der Waals surface area contributed by atoms with E-state index in [4.69, 9.17) is 4.98 Å². The standard InChI is InChI=1S/C22H29N3O2S/c1-14-15(2)25(20-8-6-5-7-9-20)22(23-14)28-17(4)21(27)24-19-12-10-18(11-13-19)16(3)26/h10-13,17,20H,5-9H2,1-4H3,(H,24,27). The van der Waals surface area contributed by atoms with Crippen LogP contribution in [0.5, 0.6) is 0 Å². The fraction of sp³-hybridized carbons (Fsp3) is 0.500. The summed E-state index contributed by atoms with van der Waals surface area (Å²) < 4.78 is 2.35. The van der Waals surface area contributed by atoms with Gasteiger partial charge in [-0.3, -0.25) is 9.59 Å². The van der Waals surface area contributed by atoms with Crippen LogP contribution in [0.3, 0.4) is 0 Å². The number of thioether (sulfide) groups is 1. The molecule has 1 fully saturated rings. The van der Waals surface area contributed by atoms with E-state index in [-0.39, 0.29) is 16.9 Å². The summed E-state index contributed by atoms with van der Waals surface area (Å²) in [7, 11) is 0. The molecular weight excluding hydrogens is 370 g/mol. The first-order valence-corrected chi connectivity index (χ1v) is 10.9. The second-order valence-electron chi connectivity index (χ2n) is 7.61. The SMILES string of the molecule is CC(=O)c1ccc(NC(=O)C(C)Sc2nc(C)c(C)n2C2CCCCC2)cc1. The Hall–Kier alpha value is -2.08. The van der Waals surface area contributed by atoms with Crippen molar-refractivity contribution in [3.05, 3.63) is 41.2 Å². The predicted octanol–water partition coefficient (Wildman–Crippen LogP) is 5.33. The van der Waals surface area contributed by atoms with Crippen LogP contribution in [0.25, 0.3) is 0 Å². The Morgan fingerprint density at radius 3 is 2.39 bits per heavy atom. The molecular formula is C22H29N3O2S. The maximum atomic E-state index is 12.7. The highest BCUT2D eigenvalue weighted by molar-refractivity contribution is 8.00. The van der Waals surface area contributed by atoms with Crippen LogP contribution in [0.1, 0.15) is 73.7 Å². The Labute approximate surface area is 171 Å². The molecule has 0 radical (unpaired) electrons. The van der Waals surface area contributed by atoms with Crippen LogP contribution >= 0.6 is 11.8 Å². The van der Waals surface area contributed by atoms with E-state index in [0.717, 1.165) is 10.9 Å². The van der Waals surface area contributed by atoms with Gasteiger partial charge in [0.25, 0.3) is 0 Å².